The Labute approximate surface area is 189 Å². The van der Waals surface area contributed by atoms with Gasteiger partial charge in [-0.25, -0.2) is 13.4 Å². The second-order valence-electron chi connectivity index (χ2n) is 8.41. The summed E-state index contributed by atoms with van der Waals surface area (Å²) in [4.78, 5) is 4.21. The minimum atomic E-state index is -3.77. The van der Waals surface area contributed by atoms with Gasteiger partial charge in [-0.2, -0.15) is 0 Å². The van der Waals surface area contributed by atoms with Crippen molar-refractivity contribution >= 4 is 39.4 Å². The van der Waals surface area contributed by atoms with Crippen LogP contribution in [0.4, 0.5) is 5.69 Å². The van der Waals surface area contributed by atoms with Gasteiger partial charge in [-0.15, -0.1) is 0 Å². The lowest BCUT2D eigenvalue weighted by atomic mass is 9.85. The van der Waals surface area contributed by atoms with Crippen LogP contribution in [-0.4, -0.2) is 19.4 Å². The largest absolute Gasteiger partial charge is 0.431 e. The molecule has 0 saturated heterocycles. The quantitative estimate of drug-likeness (QED) is 0.395. The average Bonchev–Trinajstić information content (AvgIpc) is 3.13. The normalized spacial score (nSPS) is 16.5. The van der Waals surface area contributed by atoms with Crippen molar-refractivity contribution in [2.45, 2.75) is 68.2 Å². The second kappa shape index (κ2) is 9.63. The Morgan fingerprint density at radius 1 is 1.16 bits per heavy atom. The number of nitrogens with zero attached hydrogens (tertiary/aromatic N) is 1. The number of thiol groups is 1. The van der Waals surface area contributed by atoms with Crippen molar-refractivity contribution in [2.75, 3.05) is 4.72 Å². The van der Waals surface area contributed by atoms with E-state index in [2.05, 4.69) is 34.6 Å². The summed E-state index contributed by atoms with van der Waals surface area (Å²) in [6, 6.07) is 12.5. The van der Waals surface area contributed by atoms with Crippen LogP contribution in [0.25, 0.3) is 11.1 Å². The van der Waals surface area contributed by atoms with E-state index in [1.54, 1.807) is 12.1 Å². The van der Waals surface area contributed by atoms with Gasteiger partial charge in [0.2, 0.25) is 0 Å². The molecule has 8 heteroatoms. The fourth-order valence-corrected chi connectivity index (χ4v) is 5.65. The maximum Gasteiger partial charge on any atom is 0.262 e. The summed E-state index contributed by atoms with van der Waals surface area (Å²) in [5.41, 5.74) is 2.45. The predicted molar refractivity (Wildman–Crippen MR) is 126 cm³/mol. The number of aromatic nitrogens is 1. The Bertz CT molecular complexity index is 1140. The molecular formula is C23H29N3O3S2. The number of fused-ring (bicyclic) bond motifs is 1. The molecule has 0 radical (unpaired) electrons. The number of sulfonamides is 1. The summed E-state index contributed by atoms with van der Waals surface area (Å²) in [5.74, 6) is 0.800. The molecule has 1 aliphatic carbocycles. The van der Waals surface area contributed by atoms with Gasteiger partial charge in [0, 0.05) is 18.7 Å². The van der Waals surface area contributed by atoms with E-state index in [0.29, 0.717) is 29.4 Å². The summed E-state index contributed by atoms with van der Waals surface area (Å²) in [7, 11) is -3.77. The standard InChI is InChI=1S/C23H29N3O3S2/c1-16(13-17-7-3-2-4-8-17)24-15-18-9-5-6-10-20(18)26-31(27,28)19-11-12-21-22(14-19)29-23(30)25-21/h5-6,9-12,14,16-17,24,26H,2-4,7-8,13,15H2,1H3,(H,25,30). The van der Waals surface area contributed by atoms with E-state index in [0.717, 1.165) is 17.9 Å². The van der Waals surface area contributed by atoms with Gasteiger partial charge in [0.1, 0.15) is 5.52 Å². The van der Waals surface area contributed by atoms with Crippen molar-refractivity contribution in [3.63, 3.8) is 0 Å². The molecule has 2 N–H and O–H groups in total. The van der Waals surface area contributed by atoms with Crippen LogP contribution in [0.3, 0.4) is 0 Å². The van der Waals surface area contributed by atoms with Crippen molar-refractivity contribution in [3.05, 3.63) is 48.0 Å². The van der Waals surface area contributed by atoms with Crippen LogP contribution in [0.5, 0.6) is 0 Å². The molecule has 0 spiro atoms. The second-order valence-corrected chi connectivity index (χ2v) is 10.5. The number of benzene rings is 2. The van der Waals surface area contributed by atoms with Crippen LogP contribution in [0.15, 0.2) is 57.0 Å². The zero-order valence-corrected chi connectivity index (χ0v) is 19.4. The van der Waals surface area contributed by atoms with Gasteiger partial charge in [0.05, 0.1) is 10.6 Å². The lowest BCUT2D eigenvalue weighted by Gasteiger charge is -2.25. The van der Waals surface area contributed by atoms with Gasteiger partial charge in [0.15, 0.2) is 5.58 Å². The van der Waals surface area contributed by atoms with Crippen LogP contribution < -0.4 is 10.0 Å². The van der Waals surface area contributed by atoms with Gasteiger partial charge in [-0.1, -0.05) is 62.9 Å². The Kier molecular flexibility index (Phi) is 6.89. The molecule has 1 saturated carbocycles. The number of anilines is 1. The zero-order valence-electron chi connectivity index (χ0n) is 17.7. The summed E-state index contributed by atoms with van der Waals surface area (Å²) < 4.78 is 34.1. The minimum absolute atomic E-state index is 0.123. The number of nitrogens with one attached hydrogen (secondary N) is 2. The number of para-hydroxylation sites is 1. The first kappa shape index (κ1) is 22.2. The van der Waals surface area contributed by atoms with E-state index in [1.807, 2.05) is 18.2 Å². The lowest BCUT2D eigenvalue weighted by molar-refractivity contribution is 0.305. The Balaban J connectivity index is 1.44. The summed E-state index contributed by atoms with van der Waals surface area (Å²) >= 11 is 4.07. The highest BCUT2D eigenvalue weighted by molar-refractivity contribution is 7.92. The average molecular weight is 460 g/mol. The first-order chi connectivity index (χ1) is 14.9. The molecule has 4 rings (SSSR count). The molecule has 1 aliphatic rings. The van der Waals surface area contributed by atoms with Crippen LogP contribution in [-0.2, 0) is 16.6 Å². The minimum Gasteiger partial charge on any atom is -0.431 e. The third kappa shape index (κ3) is 5.61. The fourth-order valence-electron chi connectivity index (χ4n) is 4.33. The molecule has 1 aromatic heterocycles. The monoisotopic (exact) mass is 459 g/mol. The van der Waals surface area contributed by atoms with Crippen LogP contribution in [0.2, 0.25) is 0 Å². The number of oxazole rings is 1. The maximum absolute atomic E-state index is 13.0. The fraction of sp³-hybridized carbons (Fsp3) is 0.435. The Morgan fingerprint density at radius 2 is 1.94 bits per heavy atom. The van der Waals surface area contributed by atoms with Crippen LogP contribution >= 0.6 is 12.6 Å². The third-order valence-corrected chi connectivity index (χ3v) is 7.53. The topological polar surface area (TPSA) is 84.2 Å². The zero-order chi connectivity index (χ0) is 21.8. The summed E-state index contributed by atoms with van der Waals surface area (Å²) in [5, 5.41) is 3.78. The highest BCUT2D eigenvalue weighted by Gasteiger charge is 2.19. The van der Waals surface area contributed by atoms with E-state index >= 15 is 0 Å². The van der Waals surface area contributed by atoms with E-state index < -0.39 is 10.0 Å². The third-order valence-electron chi connectivity index (χ3n) is 5.97. The Hall–Kier alpha value is -2.03. The molecule has 1 unspecified atom stereocenters. The predicted octanol–water partition coefficient (Wildman–Crippen LogP) is 5.37. The van der Waals surface area contributed by atoms with Crippen molar-refractivity contribution < 1.29 is 12.8 Å². The molecular weight excluding hydrogens is 430 g/mol. The number of hydrogen-bond donors (Lipinski definition) is 3. The molecule has 0 aliphatic heterocycles. The lowest BCUT2D eigenvalue weighted by Crippen LogP contribution is -2.29. The van der Waals surface area contributed by atoms with Gasteiger partial charge >= 0.3 is 0 Å². The summed E-state index contributed by atoms with van der Waals surface area (Å²) in [6.07, 6.45) is 7.87. The van der Waals surface area contributed by atoms with E-state index in [1.165, 1.54) is 44.2 Å². The smallest absolute Gasteiger partial charge is 0.262 e. The number of rotatable bonds is 8. The molecule has 2 aromatic carbocycles. The highest BCUT2D eigenvalue weighted by atomic mass is 32.2. The molecule has 3 aromatic rings. The van der Waals surface area contributed by atoms with Crippen LogP contribution in [0.1, 0.15) is 51.0 Å². The molecule has 6 nitrogen and oxygen atoms in total. The SMILES string of the molecule is CC(CC1CCCCC1)NCc1ccccc1NS(=O)(=O)c1ccc2nc(S)oc2c1. The van der Waals surface area contributed by atoms with Gasteiger partial charge < -0.3 is 9.73 Å². The number of hydrogen-bond acceptors (Lipinski definition) is 6. The van der Waals surface area contributed by atoms with Crippen molar-refractivity contribution in [3.8, 4) is 0 Å². The molecule has 1 atom stereocenters. The van der Waals surface area contributed by atoms with Crippen molar-refractivity contribution in [1.29, 1.82) is 0 Å². The van der Waals surface area contributed by atoms with Crippen molar-refractivity contribution in [2.24, 2.45) is 5.92 Å². The molecule has 166 valence electrons. The highest BCUT2D eigenvalue weighted by Crippen LogP contribution is 2.28. The molecule has 31 heavy (non-hydrogen) atoms. The molecule has 1 heterocycles. The van der Waals surface area contributed by atoms with E-state index in [4.69, 9.17) is 4.42 Å². The van der Waals surface area contributed by atoms with Crippen molar-refractivity contribution in [1.82, 2.24) is 10.3 Å². The Morgan fingerprint density at radius 3 is 2.74 bits per heavy atom. The summed E-state index contributed by atoms with van der Waals surface area (Å²) in [6.45, 7) is 2.82. The van der Waals surface area contributed by atoms with E-state index in [9.17, 15) is 8.42 Å². The molecule has 1 fully saturated rings. The first-order valence-corrected chi connectivity index (χ1v) is 12.8. The van der Waals surface area contributed by atoms with Gasteiger partial charge in [0.25, 0.3) is 15.2 Å². The molecule has 0 bridgehead atoms. The van der Waals surface area contributed by atoms with Gasteiger partial charge in [-0.3, -0.25) is 4.72 Å². The molecule has 0 amide bonds. The first-order valence-electron chi connectivity index (χ1n) is 10.8. The van der Waals surface area contributed by atoms with Crippen LogP contribution in [0, 0.1) is 5.92 Å². The maximum atomic E-state index is 13.0. The van der Waals surface area contributed by atoms with E-state index in [-0.39, 0.29) is 10.1 Å². The van der Waals surface area contributed by atoms with Gasteiger partial charge in [-0.05, 0) is 43.0 Å².